The molecular formula is C10H8N2O3S. The topological polar surface area (TPSA) is 78.2 Å². The highest BCUT2D eigenvalue weighted by Crippen LogP contribution is 2.12. The minimum atomic E-state index is -2.51. The SMILES string of the molecule is CN(C(=O)C=S(=O)=O)c1ccc(C#N)cc1. The van der Waals surface area contributed by atoms with E-state index in [0.717, 1.165) is 0 Å². The van der Waals surface area contributed by atoms with Gasteiger partial charge in [-0.2, -0.15) is 13.7 Å². The first-order chi connectivity index (χ1) is 7.54. The van der Waals surface area contributed by atoms with Gasteiger partial charge in [0.25, 0.3) is 5.91 Å². The largest absolute Gasteiger partial charge is 0.311 e. The van der Waals surface area contributed by atoms with Crippen LogP contribution in [0.25, 0.3) is 0 Å². The third kappa shape index (κ3) is 2.93. The number of nitriles is 1. The zero-order chi connectivity index (χ0) is 12.1. The van der Waals surface area contributed by atoms with Gasteiger partial charge in [-0.15, -0.1) is 0 Å². The average Bonchev–Trinajstić information content (AvgIpc) is 2.27. The molecule has 6 heteroatoms. The minimum Gasteiger partial charge on any atom is -0.311 e. The van der Waals surface area contributed by atoms with E-state index in [1.165, 1.54) is 11.9 Å². The summed E-state index contributed by atoms with van der Waals surface area (Å²) in [5, 5.41) is 9.16. The van der Waals surface area contributed by atoms with E-state index in [2.05, 4.69) is 0 Å². The number of anilines is 1. The van der Waals surface area contributed by atoms with Gasteiger partial charge in [-0.3, -0.25) is 4.79 Å². The molecule has 0 aliphatic heterocycles. The Morgan fingerprint density at radius 2 is 1.94 bits per heavy atom. The van der Waals surface area contributed by atoms with Crippen LogP contribution in [0.15, 0.2) is 24.3 Å². The van der Waals surface area contributed by atoms with E-state index in [1.807, 2.05) is 6.07 Å². The second-order valence-electron chi connectivity index (χ2n) is 2.93. The summed E-state index contributed by atoms with van der Waals surface area (Å²) < 4.78 is 20.6. The number of carbonyl (C=O) groups is 1. The summed E-state index contributed by atoms with van der Waals surface area (Å²) in [7, 11) is -1.06. The monoisotopic (exact) mass is 236 g/mol. The number of hydrogen-bond donors (Lipinski definition) is 0. The Hall–Kier alpha value is -2.13. The van der Waals surface area contributed by atoms with Crippen LogP contribution in [0.3, 0.4) is 0 Å². The quantitative estimate of drug-likeness (QED) is 0.687. The van der Waals surface area contributed by atoms with E-state index in [4.69, 9.17) is 5.26 Å². The summed E-state index contributed by atoms with van der Waals surface area (Å²) in [6.45, 7) is 0. The molecule has 0 spiro atoms. The fourth-order valence-electron chi connectivity index (χ4n) is 1.05. The molecule has 0 heterocycles. The molecule has 0 unspecified atom stereocenters. The van der Waals surface area contributed by atoms with Crippen molar-refractivity contribution in [3.8, 4) is 6.07 Å². The summed E-state index contributed by atoms with van der Waals surface area (Å²) in [5.74, 6) is -0.641. The second kappa shape index (κ2) is 5.09. The van der Waals surface area contributed by atoms with E-state index in [0.29, 0.717) is 16.6 Å². The van der Waals surface area contributed by atoms with Crippen LogP contribution in [0.2, 0.25) is 0 Å². The highest BCUT2D eigenvalue weighted by molar-refractivity contribution is 7.73. The molecule has 0 aromatic heterocycles. The molecule has 16 heavy (non-hydrogen) atoms. The molecule has 82 valence electrons. The molecule has 0 aliphatic rings. The first-order valence-corrected chi connectivity index (χ1v) is 5.39. The molecule has 0 radical (unpaired) electrons. The van der Waals surface area contributed by atoms with Crippen LogP contribution < -0.4 is 4.90 Å². The third-order valence-electron chi connectivity index (χ3n) is 1.91. The highest BCUT2D eigenvalue weighted by Gasteiger charge is 2.08. The Morgan fingerprint density at radius 1 is 1.38 bits per heavy atom. The fraction of sp³-hybridized carbons (Fsp3) is 0.100. The summed E-state index contributed by atoms with van der Waals surface area (Å²) in [6, 6.07) is 8.18. The van der Waals surface area contributed by atoms with Gasteiger partial charge in [0.05, 0.1) is 11.6 Å². The van der Waals surface area contributed by atoms with Gasteiger partial charge in [0.15, 0.2) is 0 Å². The molecule has 0 N–H and O–H groups in total. The molecule has 1 amide bonds. The van der Waals surface area contributed by atoms with Crippen molar-refractivity contribution in [2.75, 3.05) is 11.9 Å². The van der Waals surface area contributed by atoms with Crippen LogP contribution in [0.4, 0.5) is 5.69 Å². The lowest BCUT2D eigenvalue weighted by Gasteiger charge is -2.13. The molecule has 0 saturated carbocycles. The van der Waals surface area contributed by atoms with Crippen LogP contribution in [-0.4, -0.2) is 26.7 Å². The van der Waals surface area contributed by atoms with E-state index < -0.39 is 16.2 Å². The van der Waals surface area contributed by atoms with Gasteiger partial charge >= 0.3 is 0 Å². The van der Waals surface area contributed by atoms with Crippen molar-refractivity contribution in [1.29, 1.82) is 5.26 Å². The number of carbonyl (C=O) groups excluding carboxylic acids is 1. The molecule has 0 bridgehead atoms. The van der Waals surface area contributed by atoms with E-state index in [9.17, 15) is 13.2 Å². The van der Waals surface area contributed by atoms with Crippen molar-refractivity contribution in [2.24, 2.45) is 0 Å². The zero-order valence-electron chi connectivity index (χ0n) is 8.41. The standard InChI is InChI=1S/C10H8N2O3S/c1-12(10(13)7-16(14)15)9-4-2-8(6-11)3-5-9/h2-5,7H,1H3. The highest BCUT2D eigenvalue weighted by atomic mass is 32.2. The van der Waals surface area contributed by atoms with Crippen LogP contribution in [-0.2, 0) is 15.1 Å². The number of rotatable bonds is 2. The molecule has 5 nitrogen and oxygen atoms in total. The van der Waals surface area contributed by atoms with Gasteiger partial charge in [0, 0.05) is 12.7 Å². The molecule has 0 aliphatic carbocycles. The number of nitrogens with zero attached hydrogens (tertiary/aromatic N) is 2. The van der Waals surface area contributed by atoms with Gasteiger partial charge in [-0.1, -0.05) is 0 Å². The maximum absolute atomic E-state index is 11.3. The maximum Gasteiger partial charge on any atom is 0.266 e. The number of benzene rings is 1. The van der Waals surface area contributed by atoms with Crippen molar-refractivity contribution in [1.82, 2.24) is 0 Å². The van der Waals surface area contributed by atoms with Crippen molar-refractivity contribution in [2.45, 2.75) is 0 Å². The summed E-state index contributed by atoms with van der Waals surface area (Å²) in [5.41, 5.74) is 0.992. The fourth-order valence-corrected chi connectivity index (χ4v) is 1.37. The van der Waals surface area contributed by atoms with Crippen LogP contribution in [0.1, 0.15) is 5.56 Å². The predicted molar refractivity (Wildman–Crippen MR) is 59.6 cm³/mol. The van der Waals surface area contributed by atoms with Crippen LogP contribution >= 0.6 is 0 Å². The van der Waals surface area contributed by atoms with Gasteiger partial charge in [-0.25, -0.2) is 0 Å². The molecule has 1 aromatic rings. The molecule has 1 rings (SSSR count). The lowest BCUT2D eigenvalue weighted by Crippen LogP contribution is -2.27. The third-order valence-corrected chi connectivity index (χ3v) is 2.31. The van der Waals surface area contributed by atoms with Crippen molar-refractivity contribution < 1.29 is 13.2 Å². The van der Waals surface area contributed by atoms with Gasteiger partial charge < -0.3 is 4.90 Å². The van der Waals surface area contributed by atoms with E-state index in [1.54, 1.807) is 24.3 Å². The van der Waals surface area contributed by atoms with Gasteiger partial charge in [0.2, 0.25) is 10.3 Å². The molecule has 1 aromatic carbocycles. The van der Waals surface area contributed by atoms with E-state index >= 15 is 0 Å². The molecular weight excluding hydrogens is 228 g/mol. The Labute approximate surface area is 94.1 Å². The molecule has 0 atom stereocenters. The van der Waals surface area contributed by atoms with Crippen molar-refractivity contribution >= 4 is 27.3 Å². The van der Waals surface area contributed by atoms with Crippen LogP contribution in [0, 0.1) is 11.3 Å². The Bertz CT molecular complexity index is 559. The maximum atomic E-state index is 11.3. The van der Waals surface area contributed by atoms with Gasteiger partial charge in [-0.05, 0) is 24.3 Å². The van der Waals surface area contributed by atoms with Crippen molar-refractivity contribution in [3.05, 3.63) is 29.8 Å². The Balaban J connectivity index is 2.97. The number of amides is 1. The Kier molecular flexibility index (Phi) is 3.80. The first kappa shape index (κ1) is 11.9. The normalized spacial score (nSPS) is 9.00. The van der Waals surface area contributed by atoms with Crippen molar-refractivity contribution in [3.63, 3.8) is 0 Å². The average molecular weight is 236 g/mol. The molecule has 0 saturated heterocycles. The minimum absolute atomic E-state index is 0.473. The Morgan fingerprint density at radius 3 is 2.38 bits per heavy atom. The smallest absolute Gasteiger partial charge is 0.266 e. The lowest BCUT2D eigenvalue weighted by atomic mass is 10.2. The molecule has 0 fully saturated rings. The van der Waals surface area contributed by atoms with Crippen LogP contribution in [0.5, 0.6) is 0 Å². The first-order valence-electron chi connectivity index (χ1n) is 4.25. The second-order valence-corrected chi connectivity index (χ2v) is 3.69. The van der Waals surface area contributed by atoms with Gasteiger partial charge in [0.1, 0.15) is 5.37 Å². The summed E-state index contributed by atoms with van der Waals surface area (Å²) >= 11 is 0. The summed E-state index contributed by atoms with van der Waals surface area (Å²) in [4.78, 5) is 12.5. The zero-order valence-corrected chi connectivity index (χ0v) is 9.23. The predicted octanol–water partition coefficient (Wildman–Crippen LogP) is 0.202. The lowest BCUT2D eigenvalue weighted by molar-refractivity contribution is -0.111. The number of hydrogen-bond acceptors (Lipinski definition) is 4. The summed E-state index contributed by atoms with van der Waals surface area (Å²) in [6.07, 6.45) is 0. The van der Waals surface area contributed by atoms with E-state index in [-0.39, 0.29) is 0 Å².